The van der Waals surface area contributed by atoms with Gasteiger partial charge in [-0.2, -0.15) is 0 Å². The van der Waals surface area contributed by atoms with Crippen LogP contribution >= 0.6 is 0 Å². The molecule has 164 valence electrons. The molecular formula is C25H30FN3O2. The van der Waals surface area contributed by atoms with Gasteiger partial charge in [-0.15, -0.1) is 0 Å². The summed E-state index contributed by atoms with van der Waals surface area (Å²) in [7, 11) is 0. The van der Waals surface area contributed by atoms with E-state index in [-0.39, 0.29) is 5.82 Å². The van der Waals surface area contributed by atoms with E-state index in [1.807, 2.05) is 19.1 Å². The van der Waals surface area contributed by atoms with Crippen LogP contribution in [0.25, 0.3) is 0 Å². The molecule has 1 fully saturated rings. The predicted octanol–water partition coefficient (Wildman–Crippen LogP) is 4.52. The number of pyridine rings is 1. The van der Waals surface area contributed by atoms with Crippen LogP contribution in [-0.4, -0.2) is 47.7 Å². The third kappa shape index (κ3) is 4.97. The first-order valence-electron chi connectivity index (χ1n) is 10.9. The Balaban J connectivity index is 1.40. The Morgan fingerprint density at radius 2 is 1.90 bits per heavy atom. The highest BCUT2D eigenvalue weighted by Crippen LogP contribution is 2.33. The standard InChI is InChI=1S/C25H30FN3O2/c1-18(23-9-8-19(2)31-23)10-12-28-13-15-29(16-14-28)24-21(6-3-7-22(24)26)25(30)20-5-4-11-27-17-20/h3-9,11,17-18,25,30H,10,12-16H2,1-2H3/t18-,25-/m1/s1. The van der Waals surface area contributed by atoms with Gasteiger partial charge < -0.3 is 14.4 Å². The summed E-state index contributed by atoms with van der Waals surface area (Å²) in [5.41, 5.74) is 1.75. The van der Waals surface area contributed by atoms with E-state index in [0.717, 1.165) is 50.7 Å². The molecule has 3 aromatic rings. The van der Waals surface area contributed by atoms with Crippen molar-refractivity contribution in [2.75, 3.05) is 37.6 Å². The molecule has 5 nitrogen and oxygen atoms in total. The largest absolute Gasteiger partial charge is 0.466 e. The summed E-state index contributed by atoms with van der Waals surface area (Å²) in [5, 5.41) is 10.9. The van der Waals surface area contributed by atoms with E-state index in [9.17, 15) is 9.50 Å². The number of hydrogen-bond acceptors (Lipinski definition) is 5. The van der Waals surface area contributed by atoms with E-state index in [0.29, 0.717) is 22.7 Å². The number of aryl methyl sites for hydroxylation is 1. The summed E-state index contributed by atoms with van der Waals surface area (Å²) < 4.78 is 20.6. The summed E-state index contributed by atoms with van der Waals surface area (Å²) in [4.78, 5) is 8.56. The fourth-order valence-corrected chi connectivity index (χ4v) is 4.24. The van der Waals surface area contributed by atoms with Gasteiger partial charge in [0.25, 0.3) is 0 Å². The lowest BCUT2D eigenvalue weighted by Gasteiger charge is -2.37. The first-order chi connectivity index (χ1) is 15.0. The molecule has 1 aliphatic heterocycles. The molecule has 0 unspecified atom stereocenters. The van der Waals surface area contributed by atoms with Gasteiger partial charge in [-0.05, 0) is 44.2 Å². The Morgan fingerprint density at radius 1 is 1.10 bits per heavy atom. The number of furan rings is 1. The van der Waals surface area contributed by atoms with Crippen molar-refractivity contribution in [1.82, 2.24) is 9.88 Å². The van der Waals surface area contributed by atoms with Crippen molar-refractivity contribution in [3.05, 3.63) is 83.3 Å². The van der Waals surface area contributed by atoms with E-state index in [2.05, 4.69) is 27.8 Å². The average Bonchev–Trinajstić information content (AvgIpc) is 3.24. The van der Waals surface area contributed by atoms with Crippen molar-refractivity contribution in [3.63, 3.8) is 0 Å². The van der Waals surface area contributed by atoms with E-state index in [1.54, 1.807) is 30.6 Å². The smallest absolute Gasteiger partial charge is 0.146 e. The highest BCUT2D eigenvalue weighted by atomic mass is 19.1. The van der Waals surface area contributed by atoms with Crippen LogP contribution in [0.3, 0.4) is 0 Å². The molecule has 0 amide bonds. The highest BCUT2D eigenvalue weighted by molar-refractivity contribution is 5.58. The second-order valence-corrected chi connectivity index (χ2v) is 8.33. The number of aliphatic hydroxyl groups is 1. The van der Waals surface area contributed by atoms with Gasteiger partial charge in [-0.1, -0.05) is 25.1 Å². The van der Waals surface area contributed by atoms with Gasteiger partial charge in [0.05, 0.1) is 5.69 Å². The number of rotatable bonds is 7. The first kappa shape index (κ1) is 21.5. The summed E-state index contributed by atoms with van der Waals surface area (Å²) in [6.07, 6.45) is 3.40. The van der Waals surface area contributed by atoms with Crippen LogP contribution in [-0.2, 0) is 0 Å². The normalized spacial score (nSPS) is 17.0. The molecule has 0 aliphatic carbocycles. The molecule has 4 rings (SSSR count). The van der Waals surface area contributed by atoms with Gasteiger partial charge in [0.15, 0.2) is 0 Å². The van der Waals surface area contributed by atoms with Crippen LogP contribution in [0.4, 0.5) is 10.1 Å². The number of benzene rings is 1. The third-order valence-corrected chi connectivity index (χ3v) is 6.13. The number of piperazine rings is 1. The molecule has 1 N–H and O–H groups in total. The molecule has 0 radical (unpaired) electrons. The second kappa shape index (κ2) is 9.62. The Kier molecular flexibility index (Phi) is 6.68. The molecule has 2 atom stereocenters. The van der Waals surface area contributed by atoms with E-state index in [1.165, 1.54) is 6.07 Å². The van der Waals surface area contributed by atoms with E-state index >= 15 is 0 Å². The van der Waals surface area contributed by atoms with Gasteiger partial charge in [0.2, 0.25) is 0 Å². The minimum atomic E-state index is -0.907. The molecule has 1 saturated heterocycles. The second-order valence-electron chi connectivity index (χ2n) is 8.33. The number of aromatic nitrogens is 1. The van der Waals surface area contributed by atoms with Crippen molar-refractivity contribution >= 4 is 5.69 Å². The Morgan fingerprint density at radius 3 is 2.58 bits per heavy atom. The van der Waals surface area contributed by atoms with E-state index in [4.69, 9.17) is 4.42 Å². The van der Waals surface area contributed by atoms with Crippen LogP contribution in [0.15, 0.2) is 59.3 Å². The Labute approximate surface area is 183 Å². The number of aliphatic hydroxyl groups excluding tert-OH is 1. The Hall–Kier alpha value is -2.70. The molecular weight excluding hydrogens is 393 g/mol. The number of para-hydroxylation sites is 1. The molecule has 1 aromatic carbocycles. The molecule has 6 heteroatoms. The van der Waals surface area contributed by atoms with Crippen LogP contribution in [0.2, 0.25) is 0 Å². The summed E-state index contributed by atoms with van der Waals surface area (Å²) in [6.45, 7) is 8.32. The fraction of sp³-hybridized carbons (Fsp3) is 0.400. The Bertz CT molecular complexity index is 983. The van der Waals surface area contributed by atoms with E-state index < -0.39 is 6.10 Å². The molecule has 31 heavy (non-hydrogen) atoms. The summed E-state index contributed by atoms with van der Waals surface area (Å²) >= 11 is 0. The van der Waals surface area contributed by atoms with Crippen molar-refractivity contribution in [2.24, 2.45) is 0 Å². The molecule has 2 aromatic heterocycles. The monoisotopic (exact) mass is 423 g/mol. The molecule has 3 heterocycles. The lowest BCUT2D eigenvalue weighted by molar-refractivity contribution is 0.218. The SMILES string of the molecule is Cc1ccc([C@H](C)CCN2CCN(c3c(F)cccc3[C@H](O)c3cccnc3)CC2)o1. The van der Waals surface area contributed by atoms with Crippen molar-refractivity contribution < 1.29 is 13.9 Å². The fourth-order valence-electron chi connectivity index (χ4n) is 4.24. The predicted molar refractivity (Wildman–Crippen MR) is 120 cm³/mol. The number of nitrogens with zero attached hydrogens (tertiary/aromatic N) is 3. The summed E-state index contributed by atoms with van der Waals surface area (Å²) in [5.74, 6) is 2.07. The van der Waals surface area contributed by atoms with Gasteiger partial charge in [0.1, 0.15) is 23.4 Å². The topological polar surface area (TPSA) is 52.7 Å². The zero-order valence-electron chi connectivity index (χ0n) is 18.2. The van der Waals surface area contributed by atoms with Crippen molar-refractivity contribution in [2.45, 2.75) is 32.3 Å². The van der Waals surface area contributed by atoms with Crippen LogP contribution in [0, 0.1) is 12.7 Å². The zero-order chi connectivity index (χ0) is 21.8. The lowest BCUT2D eigenvalue weighted by atomic mass is 9.99. The molecule has 0 bridgehead atoms. The highest BCUT2D eigenvalue weighted by Gasteiger charge is 2.25. The average molecular weight is 424 g/mol. The lowest BCUT2D eigenvalue weighted by Crippen LogP contribution is -2.47. The molecule has 1 aliphatic rings. The maximum Gasteiger partial charge on any atom is 0.146 e. The van der Waals surface area contributed by atoms with Crippen LogP contribution < -0.4 is 4.90 Å². The number of halogens is 1. The molecule has 0 saturated carbocycles. The summed E-state index contributed by atoms with van der Waals surface area (Å²) in [6, 6.07) is 12.6. The first-order valence-corrected chi connectivity index (χ1v) is 10.9. The number of hydrogen-bond donors (Lipinski definition) is 1. The maximum atomic E-state index is 14.9. The van der Waals surface area contributed by atoms with Gasteiger partial charge in [0, 0.05) is 55.6 Å². The van der Waals surface area contributed by atoms with Gasteiger partial charge >= 0.3 is 0 Å². The van der Waals surface area contributed by atoms with Gasteiger partial charge in [-0.3, -0.25) is 9.88 Å². The maximum absolute atomic E-state index is 14.9. The molecule has 0 spiro atoms. The number of anilines is 1. The minimum absolute atomic E-state index is 0.296. The van der Waals surface area contributed by atoms with Crippen LogP contribution in [0.5, 0.6) is 0 Å². The third-order valence-electron chi connectivity index (χ3n) is 6.13. The quantitative estimate of drug-likeness (QED) is 0.606. The minimum Gasteiger partial charge on any atom is -0.466 e. The zero-order valence-corrected chi connectivity index (χ0v) is 18.2. The van der Waals surface area contributed by atoms with Crippen molar-refractivity contribution in [1.29, 1.82) is 0 Å². The van der Waals surface area contributed by atoms with Gasteiger partial charge in [-0.25, -0.2) is 4.39 Å². The van der Waals surface area contributed by atoms with Crippen LogP contribution in [0.1, 0.15) is 48.0 Å². The van der Waals surface area contributed by atoms with Crippen molar-refractivity contribution in [3.8, 4) is 0 Å².